The molecule has 110 valence electrons. The average Bonchev–Trinajstić information content (AvgIpc) is 3.02. The van der Waals surface area contributed by atoms with Crippen molar-refractivity contribution in [2.24, 2.45) is 0 Å². The van der Waals surface area contributed by atoms with Crippen LogP contribution < -0.4 is 4.72 Å². The fourth-order valence-electron chi connectivity index (χ4n) is 1.94. The summed E-state index contributed by atoms with van der Waals surface area (Å²) in [5, 5.41) is 8.16. The first-order valence-corrected chi connectivity index (χ1v) is 7.99. The van der Waals surface area contributed by atoms with E-state index in [9.17, 15) is 8.42 Å². The lowest BCUT2D eigenvalue weighted by Crippen LogP contribution is -2.23. The Hall–Kier alpha value is -1.67. The van der Waals surface area contributed by atoms with E-state index in [0.29, 0.717) is 12.2 Å². The van der Waals surface area contributed by atoms with E-state index in [2.05, 4.69) is 14.9 Å². The monoisotopic (exact) mass is 297 g/mol. The van der Waals surface area contributed by atoms with Gasteiger partial charge in [0.05, 0.1) is 18.1 Å². The zero-order valence-electron chi connectivity index (χ0n) is 11.9. The number of hydrogen-bond acceptors (Lipinski definition) is 4. The summed E-state index contributed by atoms with van der Waals surface area (Å²) >= 11 is 0. The van der Waals surface area contributed by atoms with Crippen LogP contribution in [0, 0.1) is 6.92 Å². The van der Waals surface area contributed by atoms with Gasteiger partial charge in [0.1, 0.15) is 4.90 Å². The molecule has 0 unspecified atom stereocenters. The van der Waals surface area contributed by atoms with Crippen LogP contribution in [0.1, 0.15) is 25.1 Å². The van der Waals surface area contributed by atoms with Gasteiger partial charge in [-0.2, -0.15) is 10.2 Å². The van der Waals surface area contributed by atoms with Gasteiger partial charge in [0.2, 0.25) is 10.0 Å². The van der Waals surface area contributed by atoms with Gasteiger partial charge in [-0.3, -0.25) is 9.36 Å². The molecular weight excluding hydrogens is 278 g/mol. The molecule has 0 aromatic carbocycles. The summed E-state index contributed by atoms with van der Waals surface area (Å²) in [6.45, 7) is 7.27. The van der Waals surface area contributed by atoms with E-state index in [1.54, 1.807) is 22.5 Å². The molecule has 0 fully saturated rings. The summed E-state index contributed by atoms with van der Waals surface area (Å²) in [5.41, 5.74) is 1.47. The van der Waals surface area contributed by atoms with E-state index >= 15 is 0 Å². The smallest absolute Gasteiger partial charge is 0.244 e. The first kappa shape index (κ1) is 14.7. The summed E-state index contributed by atoms with van der Waals surface area (Å²) in [4.78, 5) is 0.224. The van der Waals surface area contributed by atoms with Crippen molar-refractivity contribution >= 4 is 10.0 Å². The Labute approximate surface area is 118 Å². The molecule has 0 aliphatic heterocycles. The summed E-state index contributed by atoms with van der Waals surface area (Å²) in [6, 6.07) is 0. The molecule has 0 saturated heterocycles. The van der Waals surface area contributed by atoms with Crippen LogP contribution in [-0.2, 0) is 29.7 Å². The van der Waals surface area contributed by atoms with E-state index in [4.69, 9.17) is 0 Å². The van der Waals surface area contributed by atoms with Gasteiger partial charge in [0.25, 0.3) is 0 Å². The highest BCUT2D eigenvalue weighted by Crippen LogP contribution is 2.14. The number of aryl methyl sites for hydroxylation is 2. The zero-order chi connectivity index (χ0) is 14.8. The van der Waals surface area contributed by atoms with Gasteiger partial charge in [0, 0.05) is 31.4 Å². The predicted molar refractivity (Wildman–Crippen MR) is 74.6 cm³/mol. The van der Waals surface area contributed by atoms with Crippen LogP contribution in [0.4, 0.5) is 0 Å². The van der Waals surface area contributed by atoms with Gasteiger partial charge in [-0.1, -0.05) is 0 Å². The molecule has 0 radical (unpaired) electrons. The molecule has 0 saturated carbocycles. The maximum Gasteiger partial charge on any atom is 0.244 e. The Bertz CT molecular complexity index is 687. The average molecular weight is 297 g/mol. The minimum atomic E-state index is -3.55. The van der Waals surface area contributed by atoms with Crippen molar-refractivity contribution in [1.82, 2.24) is 24.3 Å². The molecule has 1 N–H and O–H groups in total. The summed E-state index contributed by atoms with van der Waals surface area (Å²) < 4.78 is 30.5. The van der Waals surface area contributed by atoms with Gasteiger partial charge in [0.15, 0.2) is 0 Å². The fourth-order valence-corrected chi connectivity index (χ4v) is 3.13. The Balaban J connectivity index is 2.12. The van der Waals surface area contributed by atoms with Crippen LogP contribution in [0.15, 0.2) is 23.5 Å². The maximum absolute atomic E-state index is 12.2. The van der Waals surface area contributed by atoms with E-state index < -0.39 is 10.0 Å². The molecule has 20 heavy (non-hydrogen) atoms. The van der Waals surface area contributed by atoms with Gasteiger partial charge >= 0.3 is 0 Å². The first-order valence-electron chi connectivity index (χ1n) is 6.51. The van der Waals surface area contributed by atoms with Crippen LogP contribution in [0.3, 0.4) is 0 Å². The van der Waals surface area contributed by atoms with Crippen LogP contribution in [0.25, 0.3) is 0 Å². The minimum Gasteiger partial charge on any atom is -0.273 e. The van der Waals surface area contributed by atoms with Crippen molar-refractivity contribution in [3.63, 3.8) is 0 Å². The van der Waals surface area contributed by atoms with E-state index in [0.717, 1.165) is 12.1 Å². The Morgan fingerprint density at radius 2 is 1.95 bits per heavy atom. The molecule has 2 rings (SSSR count). The van der Waals surface area contributed by atoms with Gasteiger partial charge in [-0.05, 0) is 20.8 Å². The first-order chi connectivity index (χ1) is 9.47. The summed E-state index contributed by atoms with van der Waals surface area (Å²) in [7, 11) is -3.55. The second kappa shape index (κ2) is 5.76. The number of nitrogens with zero attached hydrogens (tertiary/aromatic N) is 4. The molecule has 7 nitrogen and oxygen atoms in total. The standard InChI is InChI=1S/C12H19N5O2S/c1-4-16-9-11(6-13-16)7-15-20(18,19)12-8-14-17(5-2)10(12)3/h6,8-9,15H,4-5,7H2,1-3H3. The molecule has 8 heteroatoms. The number of sulfonamides is 1. The predicted octanol–water partition coefficient (Wildman–Crippen LogP) is 0.906. The Kier molecular flexibility index (Phi) is 4.24. The molecule has 0 bridgehead atoms. The van der Waals surface area contributed by atoms with E-state index in [1.807, 2.05) is 20.0 Å². The van der Waals surface area contributed by atoms with Crippen molar-refractivity contribution < 1.29 is 8.42 Å². The molecule has 0 spiro atoms. The quantitative estimate of drug-likeness (QED) is 0.859. The molecule has 0 aliphatic rings. The van der Waals surface area contributed by atoms with Crippen LogP contribution >= 0.6 is 0 Å². The van der Waals surface area contributed by atoms with Gasteiger partial charge in [-0.25, -0.2) is 13.1 Å². The second-order valence-electron chi connectivity index (χ2n) is 4.44. The molecule has 0 atom stereocenters. The van der Waals surface area contributed by atoms with Crippen molar-refractivity contribution in [3.8, 4) is 0 Å². The molecule has 2 heterocycles. The van der Waals surface area contributed by atoms with Crippen molar-refractivity contribution in [1.29, 1.82) is 0 Å². The Morgan fingerprint density at radius 1 is 1.20 bits per heavy atom. The number of hydrogen-bond donors (Lipinski definition) is 1. The molecule has 2 aromatic heterocycles. The lowest BCUT2D eigenvalue weighted by atomic mass is 10.4. The topological polar surface area (TPSA) is 81.8 Å². The highest BCUT2D eigenvalue weighted by molar-refractivity contribution is 7.89. The van der Waals surface area contributed by atoms with E-state index in [-0.39, 0.29) is 11.4 Å². The number of nitrogens with one attached hydrogen (secondary N) is 1. The SMILES string of the molecule is CCn1cc(CNS(=O)(=O)c2cnn(CC)c2C)cn1. The number of aromatic nitrogens is 4. The lowest BCUT2D eigenvalue weighted by Gasteiger charge is -2.05. The molecule has 0 amide bonds. The highest BCUT2D eigenvalue weighted by Gasteiger charge is 2.20. The van der Waals surface area contributed by atoms with Crippen LogP contribution in [0.5, 0.6) is 0 Å². The zero-order valence-corrected chi connectivity index (χ0v) is 12.7. The third kappa shape index (κ3) is 2.91. The van der Waals surface area contributed by atoms with Gasteiger partial charge < -0.3 is 0 Å². The van der Waals surface area contributed by atoms with E-state index in [1.165, 1.54) is 6.20 Å². The minimum absolute atomic E-state index is 0.221. The third-order valence-electron chi connectivity index (χ3n) is 3.12. The normalized spacial score (nSPS) is 11.9. The highest BCUT2D eigenvalue weighted by atomic mass is 32.2. The summed E-state index contributed by atoms with van der Waals surface area (Å²) in [5.74, 6) is 0. The summed E-state index contributed by atoms with van der Waals surface area (Å²) in [6.07, 6.45) is 4.87. The van der Waals surface area contributed by atoms with Gasteiger partial charge in [-0.15, -0.1) is 0 Å². The lowest BCUT2D eigenvalue weighted by molar-refractivity contribution is 0.579. The molecular formula is C12H19N5O2S. The third-order valence-corrected chi connectivity index (χ3v) is 4.63. The fraction of sp³-hybridized carbons (Fsp3) is 0.500. The largest absolute Gasteiger partial charge is 0.273 e. The van der Waals surface area contributed by atoms with Crippen LogP contribution in [0.2, 0.25) is 0 Å². The molecule has 2 aromatic rings. The Morgan fingerprint density at radius 3 is 2.50 bits per heavy atom. The van der Waals surface area contributed by atoms with Crippen molar-refractivity contribution in [2.75, 3.05) is 0 Å². The van der Waals surface area contributed by atoms with Crippen molar-refractivity contribution in [2.45, 2.75) is 45.3 Å². The van der Waals surface area contributed by atoms with Crippen LogP contribution in [-0.4, -0.2) is 28.0 Å². The second-order valence-corrected chi connectivity index (χ2v) is 6.17. The maximum atomic E-state index is 12.2. The van der Waals surface area contributed by atoms with Crippen molar-refractivity contribution in [3.05, 3.63) is 29.8 Å². The molecule has 0 aliphatic carbocycles. The number of rotatable bonds is 6.